The van der Waals surface area contributed by atoms with E-state index in [0.717, 1.165) is 17.1 Å². The SMILES string of the molecule is CCCC1CC(=O)N(S(=O)(=O)c2cncc(Br)c2)C1. The lowest BCUT2D eigenvalue weighted by Gasteiger charge is -2.16. The van der Waals surface area contributed by atoms with Crippen LogP contribution >= 0.6 is 15.9 Å². The summed E-state index contributed by atoms with van der Waals surface area (Å²) in [7, 11) is -3.77. The molecule has 1 amide bonds. The Balaban J connectivity index is 2.28. The van der Waals surface area contributed by atoms with Gasteiger partial charge in [0.2, 0.25) is 5.91 Å². The molecular weight excluding hydrogens is 332 g/mol. The Morgan fingerprint density at radius 2 is 2.21 bits per heavy atom. The molecule has 1 aliphatic heterocycles. The summed E-state index contributed by atoms with van der Waals surface area (Å²) in [5.74, 6) is -0.189. The number of nitrogens with zero attached hydrogens (tertiary/aromatic N) is 2. The van der Waals surface area contributed by atoms with Crippen LogP contribution in [-0.2, 0) is 14.8 Å². The molecular formula is C12H15BrN2O3S. The first-order valence-corrected chi connectivity index (χ1v) is 8.34. The summed E-state index contributed by atoms with van der Waals surface area (Å²) < 4.78 is 26.3. The van der Waals surface area contributed by atoms with Crippen LogP contribution in [0.3, 0.4) is 0 Å². The first-order chi connectivity index (χ1) is 8.95. The summed E-state index contributed by atoms with van der Waals surface area (Å²) in [6.07, 6.45) is 4.90. The van der Waals surface area contributed by atoms with Crippen molar-refractivity contribution in [2.45, 2.75) is 31.1 Å². The molecule has 19 heavy (non-hydrogen) atoms. The van der Waals surface area contributed by atoms with Gasteiger partial charge in [0.05, 0.1) is 0 Å². The largest absolute Gasteiger partial charge is 0.274 e. The number of sulfonamides is 1. The van der Waals surface area contributed by atoms with Gasteiger partial charge in [0.15, 0.2) is 0 Å². The molecule has 0 N–H and O–H groups in total. The monoisotopic (exact) mass is 346 g/mol. The molecule has 1 saturated heterocycles. The van der Waals surface area contributed by atoms with Crippen molar-refractivity contribution in [2.24, 2.45) is 5.92 Å². The molecule has 2 heterocycles. The van der Waals surface area contributed by atoms with Gasteiger partial charge in [0.25, 0.3) is 10.0 Å². The van der Waals surface area contributed by atoms with E-state index in [9.17, 15) is 13.2 Å². The second kappa shape index (κ2) is 5.58. The molecule has 0 radical (unpaired) electrons. The third-order valence-electron chi connectivity index (χ3n) is 3.13. The molecule has 0 saturated carbocycles. The minimum absolute atomic E-state index is 0.0485. The second-order valence-electron chi connectivity index (χ2n) is 4.63. The zero-order chi connectivity index (χ0) is 14.0. The van der Waals surface area contributed by atoms with Crippen LogP contribution in [0.4, 0.5) is 0 Å². The average molecular weight is 347 g/mol. The van der Waals surface area contributed by atoms with Crippen molar-refractivity contribution in [2.75, 3.05) is 6.54 Å². The maximum Gasteiger partial charge on any atom is 0.268 e. The van der Waals surface area contributed by atoms with E-state index in [-0.39, 0.29) is 23.3 Å². The number of hydrogen-bond acceptors (Lipinski definition) is 4. The van der Waals surface area contributed by atoms with Gasteiger partial charge in [-0.05, 0) is 34.3 Å². The Hall–Kier alpha value is -0.950. The molecule has 1 aromatic rings. The summed E-state index contributed by atoms with van der Waals surface area (Å²) in [6.45, 7) is 2.31. The normalized spacial score (nSPS) is 20.0. The zero-order valence-corrected chi connectivity index (χ0v) is 12.9. The Bertz CT molecular complexity index is 588. The molecule has 104 valence electrons. The molecule has 1 unspecified atom stereocenters. The van der Waals surface area contributed by atoms with Gasteiger partial charge in [0, 0.05) is 29.8 Å². The number of hydrogen-bond donors (Lipinski definition) is 0. The van der Waals surface area contributed by atoms with Gasteiger partial charge in [-0.2, -0.15) is 0 Å². The van der Waals surface area contributed by atoms with E-state index in [4.69, 9.17) is 0 Å². The number of amides is 1. The van der Waals surface area contributed by atoms with E-state index in [2.05, 4.69) is 20.9 Å². The van der Waals surface area contributed by atoms with Crippen LogP contribution in [0.1, 0.15) is 26.2 Å². The molecule has 0 spiro atoms. The molecule has 1 aliphatic rings. The van der Waals surface area contributed by atoms with E-state index in [1.54, 1.807) is 0 Å². The van der Waals surface area contributed by atoms with Crippen molar-refractivity contribution in [3.63, 3.8) is 0 Å². The number of aromatic nitrogens is 1. The molecule has 1 fully saturated rings. The first-order valence-electron chi connectivity index (χ1n) is 6.11. The number of halogens is 1. The third kappa shape index (κ3) is 2.97. The lowest BCUT2D eigenvalue weighted by Crippen LogP contribution is -2.32. The molecule has 0 aromatic carbocycles. The van der Waals surface area contributed by atoms with Crippen LogP contribution in [0.25, 0.3) is 0 Å². The molecule has 1 aromatic heterocycles. The Morgan fingerprint density at radius 3 is 2.84 bits per heavy atom. The maximum atomic E-state index is 12.4. The average Bonchev–Trinajstić information content (AvgIpc) is 2.71. The summed E-state index contributed by atoms with van der Waals surface area (Å²) in [5.41, 5.74) is 0. The summed E-state index contributed by atoms with van der Waals surface area (Å²) in [5, 5.41) is 0. The number of pyridine rings is 1. The fourth-order valence-corrected chi connectivity index (χ4v) is 4.23. The van der Waals surface area contributed by atoms with Crippen LogP contribution < -0.4 is 0 Å². The van der Waals surface area contributed by atoms with E-state index in [0.29, 0.717) is 10.9 Å². The Kier molecular flexibility index (Phi) is 4.25. The molecule has 7 heteroatoms. The van der Waals surface area contributed by atoms with Crippen LogP contribution in [0.5, 0.6) is 0 Å². The summed E-state index contributed by atoms with van der Waals surface area (Å²) in [4.78, 5) is 15.8. The number of carbonyl (C=O) groups is 1. The number of carbonyl (C=O) groups excluding carboxylic acids is 1. The first kappa shape index (κ1) is 14.5. The predicted molar refractivity (Wildman–Crippen MR) is 73.9 cm³/mol. The highest BCUT2D eigenvalue weighted by Gasteiger charge is 2.38. The van der Waals surface area contributed by atoms with Crippen LogP contribution in [0.2, 0.25) is 0 Å². The fraction of sp³-hybridized carbons (Fsp3) is 0.500. The molecule has 2 rings (SSSR count). The van der Waals surface area contributed by atoms with Crippen molar-refractivity contribution in [3.05, 3.63) is 22.9 Å². The molecule has 0 aliphatic carbocycles. The Morgan fingerprint density at radius 1 is 1.47 bits per heavy atom. The third-order valence-corrected chi connectivity index (χ3v) is 5.32. The van der Waals surface area contributed by atoms with Gasteiger partial charge in [-0.15, -0.1) is 0 Å². The van der Waals surface area contributed by atoms with Gasteiger partial charge in [-0.3, -0.25) is 9.78 Å². The van der Waals surface area contributed by atoms with Crippen molar-refractivity contribution in [3.8, 4) is 0 Å². The molecule has 0 bridgehead atoms. The van der Waals surface area contributed by atoms with Gasteiger partial charge >= 0.3 is 0 Å². The Labute approximate surface area is 121 Å². The highest BCUT2D eigenvalue weighted by Crippen LogP contribution is 2.28. The van der Waals surface area contributed by atoms with Crippen molar-refractivity contribution < 1.29 is 13.2 Å². The minimum Gasteiger partial charge on any atom is -0.274 e. The standard InChI is InChI=1S/C12H15BrN2O3S/c1-2-3-9-4-12(16)15(8-9)19(17,18)11-5-10(13)6-14-7-11/h5-7,9H,2-4,8H2,1H3. The maximum absolute atomic E-state index is 12.4. The minimum atomic E-state index is -3.77. The van der Waals surface area contributed by atoms with E-state index < -0.39 is 10.0 Å². The van der Waals surface area contributed by atoms with Crippen molar-refractivity contribution >= 4 is 31.9 Å². The zero-order valence-electron chi connectivity index (χ0n) is 10.5. The summed E-state index contributed by atoms with van der Waals surface area (Å²) in [6, 6.07) is 1.46. The van der Waals surface area contributed by atoms with E-state index >= 15 is 0 Å². The van der Waals surface area contributed by atoms with Gasteiger partial charge in [-0.1, -0.05) is 13.3 Å². The lowest BCUT2D eigenvalue weighted by molar-refractivity contribution is -0.123. The van der Waals surface area contributed by atoms with E-state index in [1.807, 2.05) is 6.92 Å². The quantitative estimate of drug-likeness (QED) is 0.837. The van der Waals surface area contributed by atoms with Crippen molar-refractivity contribution in [1.29, 1.82) is 0 Å². The van der Waals surface area contributed by atoms with Crippen LogP contribution in [0.15, 0.2) is 27.8 Å². The second-order valence-corrected chi connectivity index (χ2v) is 7.41. The lowest BCUT2D eigenvalue weighted by atomic mass is 10.0. The fourth-order valence-electron chi connectivity index (χ4n) is 2.24. The molecule has 1 atom stereocenters. The smallest absolute Gasteiger partial charge is 0.268 e. The predicted octanol–water partition coefficient (Wildman–Crippen LogP) is 2.18. The van der Waals surface area contributed by atoms with E-state index in [1.165, 1.54) is 18.5 Å². The van der Waals surface area contributed by atoms with Gasteiger partial charge in [0.1, 0.15) is 4.90 Å². The topological polar surface area (TPSA) is 67.3 Å². The highest BCUT2D eigenvalue weighted by atomic mass is 79.9. The molecule has 5 nitrogen and oxygen atoms in total. The highest BCUT2D eigenvalue weighted by molar-refractivity contribution is 9.10. The van der Waals surface area contributed by atoms with Crippen molar-refractivity contribution in [1.82, 2.24) is 9.29 Å². The summed E-state index contributed by atoms with van der Waals surface area (Å²) >= 11 is 3.18. The number of rotatable bonds is 4. The van der Waals surface area contributed by atoms with Gasteiger partial charge < -0.3 is 0 Å². The van der Waals surface area contributed by atoms with Gasteiger partial charge in [-0.25, -0.2) is 12.7 Å². The van der Waals surface area contributed by atoms with Crippen LogP contribution in [0, 0.1) is 5.92 Å². The van der Waals surface area contributed by atoms with Crippen LogP contribution in [-0.4, -0.2) is 30.2 Å².